The topological polar surface area (TPSA) is 69.6 Å². The predicted molar refractivity (Wildman–Crippen MR) is 99.8 cm³/mol. The highest BCUT2D eigenvalue weighted by Gasteiger charge is 2.22. The molecule has 0 bridgehead atoms. The lowest BCUT2D eigenvalue weighted by molar-refractivity contribution is -0.116. The van der Waals surface area contributed by atoms with Crippen molar-refractivity contribution in [2.75, 3.05) is 18.4 Å². The Bertz CT molecular complexity index is 563. The minimum absolute atomic E-state index is 0.0131. The summed E-state index contributed by atoms with van der Waals surface area (Å²) in [5, 5.41) is 12.6. The van der Waals surface area contributed by atoms with Gasteiger partial charge in [0.05, 0.1) is 6.10 Å². The molecule has 5 nitrogen and oxygen atoms in total. The van der Waals surface area contributed by atoms with Crippen LogP contribution in [0.5, 0.6) is 0 Å². The van der Waals surface area contributed by atoms with Crippen molar-refractivity contribution < 1.29 is 14.7 Å². The van der Waals surface area contributed by atoms with Gasteiger partial charge in [-0.15, -0.1) is 0 Å². The second-order valence-corrected chi connectivity index (χ2v) is 7.07. The number of Topliss-reactive ketones (excluding diaryl/α,β-unsaturated/α-hetero) is 1. The number of nitrogens with zero attached hydrogens (tertiary/aromatic N) is 1. The van der Waals surface area contributed by atoms with Gasteiger partial charge in [-0.1, -0.05) is 19.3 Å². The van der Waals surface area contributed by atoms with Crippen molar-refractivity contribution in [3.05, 3.63) is 29.8 Å². The van der Waals surface area contributed by atoms with Gasteiger partial charge in [0.2, 0.25) is 5.91 Å². The summed E-state index contributed by atoms with van der Waals surface area (Å²) in [5.74, 6) is -0.0268. The normalized spacial score (nSPS) is 16.6. The van der Waals surface area contributed by atoms with Crippen LogP contribution in [-0.4, -0.2) is 46.9 Å². The Morgan fingerprint density at radius 3 is 2.40 bits per heavy atom. The molecule has 2 N–H and O–H groups in total. The van der Waals surface area contributed by atoms with Crippen molar-refractivity contribution in [1.82, 2.24) is 4.90 Å². The van der Waals surface area contributed by atoms with E-state index in [0.717, 1.165) is 12.8 Å². The van der Waals surface area contributed by atoms with Gasteiger partial charge in [-0.3, -0.25) is 14.5 Å². The molecule has 0 heterocycles. The number of aliphatic hydroxyl groups excluding tert-OH is 1. The highest BCUT2D eigenvalue weighted by molar-refractivity contribution is 5.95. The zero-order valence-electron chi connectivity index (χ0n) is 15.3. The number of hydrogen-bond acceptors (Lipinski definition) is 4. The summed E-state index contributed by atoms with van der Waals surface area (Å²) in [4.78, 5) is 25.8. The Balaban J connectivity index is 1.85. The second-order valence-electron chi connectivity index (χ2n) is 7.07. The van der Waals surface area contributed by atoms with Gasteiger partial charge < -0.3 is 10.4 Å². The smallest absolute Gasteiger partial charge is 0.225 e. The van der Waals surface area contributed by atoms with E-state index in [1.165, 1.54) is 26.2 Å². The van der Waals surface area contributed by atoms with Crippen molar-refractivity contribution in [2.24, 2.45) is 0 Å². The first-order valence-corrected chi connectivity index (χ1v) is 9.28. The van der Waals surface area contributed by atoms with Gasteiger partial charge in [-0.2, -0.15) is 0 Å². The third-order valence-electron chi connectivity index (χ3n) is 4.79. The molecular formula is C20H30N2O3. The summed E-state index contributed by atoms with van der Waals surface area (Å²) < 4.78 is 0. The van der Waals surface area contributed by atoms with E-state index in [1.54, 1.807) is 31.2 Å². The van der Waals surface area contributed by atoms with Crippen molar-refractivity contribution in [1.29, 1.82) is 0 Å². The number of anilines is 1. The maximum atomic E-state index is 12.2. The second kappa shape index (κ2) is 9.68. The minimum atomic E-state index is -0.385. The van der Waals surface area contributed by atoms with Crippen LogP contribution in [0.15, 0.2) is 24.3 Å². The van der Waals surface area contributed by atoms with Crippen LogP contribution in [-0.2, 0) is 4.79 Å². The Labute approximate surface area is 150 Å². The average Bonchev–Trinajstić information content (AvgIpc) is 2.59. The summed E-state index contributed by atoms with van der Waals surface area (Å²) >= 11 is 0. The number of rotatable bonds is 8. The molecule has 0 radical (unpaired) electrons. The fraction of sp³-hybridized carbons (Fsp3) is 0.600. The van der Waals surface area contributed by atoms with Gasteiger partial charge in [-0.25, -0.2) is 0 Å². The highest BCUT2D eigenvalue weighted by Crippen LogP contribution is 2.23. The van der Waals surface area contributed by atoms with Crippen molar-refractivity contribution in [3.8, 4) is 0 Å². The molecule has 0 spiro atoms. The van der Waals surface area contributed by atoms with Crippen LogP contribution >= 0.6 is 0 Å². The minimum Gasteiger partial charge on any atom is -0.392 e. The van der Waals surface area contributed by atoms with Crippen LogP contribution in [0.2, 0.25) is 0 Å². The molecule has 1 aliphatic carbocycles. The summed E-state index contributed by atoms with van der Waals surface area (Å²) in [7, 11) is 0. The van der Waals surface area contributed by atoms with Crippen LogP contribution < -0.4 is 5.32 Å². The van der Waals surface area contributed by atoms with E-state index in [4.69, 9.17) is 0 Å². The van der Waals surface area contributed by atoms with Gasteiger partial charge >= 0.3 is 0 Å². The van der Waals surface area contributed by atoms with E-state index >= 15 is 0 Å². The monoisotopic (exact) mass is 346 g/mol. The molecule has 1 saturated carbocycles. The number of aliphatic hydroxyl groups is 1. The fourth-order valence-corrected chi connectivity index (χ4v) is 3.47. The number of benzene rings is 1. The molecule has 1 atom stereocenters. The molecule has 1 unspecified atom stereocenters. The lowest BCUT2D eigenvalue weighted by Gasteiger charge is -2.35. The Morgan fingerprint density at radius 2 is 1.84 bits per heavy atom. The van der Waals surface area contributed by atoms with Crippen LogP contribution in [0.3, 0.4) is 0 Å². The van der Waals surface area contributed by atoms with Crippen LogP contribution in [0, 0.1) is 0 Å². The highest BCUT2D eigenvalue weighted by atomic mass is 16.3. The van der Waals surface area contributed by atoms with E-state index in [-0.39, 0.29) is 17.8 Å². The maximum Gasteiger partial charge on any atom is 0.225 e. The molecule has 0 saturated heterocycles. The first kappa shape index (κ1) is 19.6. The summed E-state index contributed by atoms with van der Waals surface area (Å²) in [6, 6.07) is 7.43. The van der Waals surface area contributed by atoms with Crippen molar-refractivity contribution in [2.45, 2.75) is 64.5 Å². The third kappa shape index (κ3) is 6.59. The Kier molecular flexibility index (Phi) is 7.59. The number of amides is 1. The SMILES string of the molecule is CC(=O)c1ccc(NC(=O)CCN(CC(C)O)C2CCCCC2)cc1. The van der Waals surface area contributed by atoms with Crippen molar-refractivity contribution >= 4 is 17.4 Å². The number of ketones is 1. The standard InChI is InChI=1S/C20H30N2O3/c1-15(23)14-22(19-6-4-3-5-7-19)13-12-20(25)21-18-10-8-17(9-11-18)16(2)24/h8-11,15,19,23H,3-7,12-14H2,1-2H3,(H,21,25). The molecule has 1 aromatic carbocycles. The molecule has 138 valence electrons. The number of hydrogen-bond donors (Lipinski definition) is 2. The summed E-state index contributed by atoms with van der Waals surface area (Å²) in [6.45, 7) is 4.60. The third-order valence-corrected chi connectivity index (χ3v) is 4.79. The zero-order chi connectivity index (χ0) is 18.2. The molecule has 2 rings (SSSR count). The van der Waals surface area contributed by atoms with Crippen LogP contribution in [0.25, 0.3) is 0 Å². The quantitative estimate of drug-likeness (QED) is 0.709. The van der Waals surface area contributed by atoms with E-state index in [1.807, 2.05) is 0 Å². The van der Waals surface area contributed by atoms with Gasteiger partial charge in [0.1, 0.15) is 0 Å². The average molecular weight is 346 g/mol. The van der Waals surface area contributed by atoms with Crippen molar-refractivity contribution in [3.63, 3.8) is 0 Å². The predicted octanol–water partition coefficient (Wildman–Crippen LogP) is 3.23. The number of nitrogens with one attached hydrogen (secondary N) is 1. The molecule has 25 heavy (non-hydrogen) atoms. The molecule has 1 amide bonds. The molecular weight excluding hydrogens is 316 g/mol. The molecule has 5 heteroatoms. The van der Waals surface area contributed by atoms with Crippen LogP contribution in [0.4, 0.5) is 5.69 Å². The van der Waals surface area contributed by atoms with E-state index in [2.05, 4.69) is 10.2 Å². The lowest BCUT2D eigenvalue weighted by Crippen LogP contribution is -2.42. The van der Waals surface area contributed by atoms with Gasteiger partial charge in [0.25, 0.3) is 0 Å². The van der Waals surface area contributed by atoms with Gasteiger partial charge in [0.15, 0.2) is 5.78 Å². The number of carbonyl (C=O) groups is 2. The lowest BCUT2D eigenvalue weighted by atomic mass is 9.94. The largest absolute Gasteiger partial charge is 0.392 e. The van der Waals surface area contributed by atoms with E-state index < -0.39 is 0 Å². The van der Waals surface area contributed by atoms with E-state index in [0.29, 0.717) is 36.8 Å². The first-order chi connectivity index (χ1) is 12.0. The van der Waals surface area contributed by atoms with Gasteiger partial charge in [-0.05, 0) is 51.0 Å². The first-order valence-electron chi connectivity index (χ1n) is 9.28. The van der Waals surface area contributed by atoms with E-state index in [9.17, 15) is 14.7 Å². The summed E-state index contributed by atoms with van der Waals surface area (Å²) in [5.41, 5.74) is 1.34. The zero-order valence-corrected chi connectivity index (χ0v) is 15.3. The Morgan fingerprint density at radius 1 is 1.20 bits per heavy atom. The molecule has 0 aliphatic heterocycles. The molecule has 0 aromatic heterocycles. The number of carbonyl (C=O) groups excluding carboxylic acids is 2. The van der Waals surface area contributed by atoms with Gasteiger partial charge in [0, 0.05) is 36.8 Å². The molecule has 1 fully saturated rings. The maximum absolute atomic E-state index is 12.2. The van der Waals surface area contributed by atoms with Crippen LogP contribution in [0.1, 0.15) is 62.7 Å². The summed E-state index contributed by atoms with van der Waals surface area (Å²) in [6.07, 6.45) is 6.07. The Hall–Kier alpha value is -1.72. The fourth-order valence-electron chi connectivity index (χ4n) is 3.47. The molecule has 1 aliphatic rings. The molecule has 1 aromatic rings.